The minimum absolute atomic E-state index is 0.0639. The Morgan fingerprint density at radius 2 is 1.78 bits per heavy atom. The fraction of sp³-hybridized carbons (Fsp3) is 0.0667. The third-order valence-corrected chi connectivity index (χ3v) is 4.72. The highest BCUT2D eigenvalue weighted by atomic mass is 32.2. The first-order valence-corrected chi connectivity index (χ1v) is 7.98. The van der Waals surface area contributed by atoms with E-state index in [9.17, 15) is 22.9 Å². The van der Waals surface area contributed by atoms with Crippen molar-refractivity contribution in [1.29, 1.82) is 0 Å². The molecular formula is C15H13FN2O4S. The van der Waals surface area contributed by atoms with Crippen molar-refractivity contribution >= 4 is 15.5 Å². The molecule has 0 heterocycles. The molecule has 120 valence electrons. The number of nitro groups is 1. The molecule has 0 saturated carbocycles. The Bertz CT molecular complexity index is 861. The van der Waals surface area contributed by atoms with Crippen LogP contribution in [0, 0.1) is 22.9 Å². The molecule has 0 aliphatic heterocycles. The monoisotopic (exact) mass is 336 g/mol. The maximum absolute atomic E-state index is 13.5. The van der Waals surface area contributed by atoms with Gasteiger partial charge in [0.1, 0.15) is 5.82 Å². The summed E-state index contributed by atoms with van der Waals surface area (Å²) in [4.78, 5) is 9.89. The minimum atomic E-state index is -4.32. The lowest BCUT2D eigenvalue weighted by Crippen LogP contribution is -2.14. The number of para-hydroxylation sites is 1. The zero-order chi connectivity index (χ0) is 17.0. The van der Waals surface area contributed by atoms with Gasteiger partial charge in [0.2, 0.25) is 0 Å². The molecule has 23 heavy (non-hydrogen) atoms. The molecule has 0 fully saturated rings. The van der Waals surface area contributed by atoms with Crippen LogP contribution in [-0.4, -0.2) is 13.3 Å². The number of benzene rings is 2. The average molecular weight is 336 g/mol. The van der Waals surface area contributed by atoms with Gasteiger partial charge in [-0.25, -0.2) is 12.8 Å². The molecule has 2 aromatic carbocycles. The Morgan fingerprint density at radius 1 is 1.17 bits per heavy atom. The molecule has 0 radical (unpaired) electrons. The Kier molecular flexibility index (Phi) is 4.75. The normalized spacial score (nSPS) is 12.0. The van der Waals surface area contributed by atoms with Gasteiger partial charge in [0, 0.05) is 0 Å². The van der Waals surface area contributed by atoms with E-state index in [2.05, 4.69) is 5.32 Å². The standard InChI is InChI=1S/C15H13FN2O4S/c1-11-6-8-12(9-7-11)23(21,22)15(18(19)20)10-17-14-5-3-2-4-13(14)16/h2-10,17H,1H3/b15-10-. The SMILES string of the molecule is Cc1ccc(S(=O)(=O)/C(=C\Nc2ccccc2F)[N+](=O)[O-])cc1. The van der Waals surface area contributed by atoms with Crippen LogP contribution in [-0.2, 0) is 9.84 Å². The van der Waals surface area contributed by atoms with E-state index in [1.165, 1.54) is 42.5 Å². The predicted molar refractivity (Wildman–Crippen MR) is 83.5 cm³/mol. The van der Waals surface area contributed by atoms with Crippen molar-refractivity contribution in [3.63, 3.8) is 0 Å². The highest BCUT2D eigenvalue weighted by molar-refractivity contribution is 7.95. The van der Waals surface area contributed by atoms with E-state index in [-0.39, 0.29) is 10.6 Å². The van der Waals surface area contributed by atoms with E-state index >= 15 is 0 Å². The number of anilines is 1. The second-order valence-corrected chi connectivity index (χ2v) is 6.58. The number of nitrogens with zero attached hydrogens (tertiary/aromatic N) is 1. The number of rotatable bonds is 5. The summed E-state index contributed by atoms with van der Waals surface area (Å²) in [5, 5.41) is 12.4. The van der Waals surface area contributed by atoms with Crippen molar-refractivity contribution in [1.82, 2.24) is 0 Å². The Morgan fingerprint density at radius 3 is 2.35 bits per heavy atom. The van der Waals surface area contributed by atoms with Crippen LogP contribution in [0.25, 0.3) is 0 Å². The molecule has 0 unspecified atom stereocenters. The van der Waals surface area contributed by atoms with Gasteiger partial charge in [-0.15, -0.1) is 0 Å². The number of hydrogen-bond acceptors (Lipinski definition) is 5. The molecule has 6 nitrogen and oxygen atoms in total. The lowest BCUT2D eigenvalue weighted by atomic mass is 10.2. The Hall–Kier alpha value is -2.74. The molecule has 0 aliphatic rings. The summed E-state index contributed by atoms with van der Waals surface area (Å²) in [6.45, 7) is 1.76. The second-order valence-electron chi connectivity index (χ2n) is 4.68. The predicted octanol–water partition coefficient (Wildman–Crippen LogP) is 3.10. The van der Waals surface area contributed by atoms with E-state index < -0.39 is 25.6 Å². The van der Waals surface area contributed by atoms with Gasteiger partial charge < -0.3 is 5.32 Å². The first kappa shape index (κ1) is 16.6. The summed E-state index contributed by atoms with van der Waals surface area (Å²) < 4.78 is 38.2. The molecule has 8 heteroatoms. The van der Waals surface area contributed by atoms with Gasteiger partial charge in [-0.3, -0.25) is 10.1 Å². The summed E-state index contributed by atoms with van der Waals surface area (Å²) >= 11 is 0. The molecule has 0 saturated heterocycles. The molecule has 0 aliphatic carbocycles. The summed E-state index contributed by atoms with van der Waals surface area (Å²) in [6, 6.07) is 11.1. The van der Waals surface area contributed by atoms with Crippen molar-refractivity contribution in [2.24, 2.45) is 0 Å². The fourth-order valence-corrected chi connectivity index (χ4v) is 2.93. The second kappa shape index (κ2) is 6.57. The van der Waals surface area contributed by atoms with Crippen molar-refractivity contribution in [2.75, 3.05) is 5.32 Å². The van der Waals surface area contributed by atoms with Crippen LogP contribution in [0.2, 0.25) is 0 Å². The molecule has 0 atom stereocenters. The van der Waals surface area contributed by atoms with Gasteiger partial charge in [-0.2, -0.15) is 0 Å². The van der Waals surface area contributed by atoms with Crippen molar-refractivity contribution < 1.29 is 17.7 Å². The van der Waals surface area contributed by atoms with Crippen molar-refractivity contribution in [2.45, 2.75) is 11.8 Å². The summed E-state index contributed by atoms with van der Waals surface area (Å²) in [5.74, 6) is -0.654. The van der Waals surface area contributed by atoms with Crippen LogP contribution in [0.4, 0.5) is 10.1 Å². The van der Waals surface area contributed by atoms with Crippen molar-refractivity contribution in [3.05, 3.63) is 81.3 Å². The molecule has 1 N–H and O–H groups in total. The number of halogens is 1. The smallest absolute Gasteiger partial charge is 0.353 e. The van der Waals surface area contributed by atoms with E-state index in [0.717, 1.165) is 11.6 Å². The number of aryl methyl sites for hydroxylation is 1. The van der Waals surface area contributed by atoms with Crippen LogP contribution in [0.3, 0.4) is 0 Å². The third-order valence-electron chi connectivity index (χ3n) is 3.01. The van der Waals surface area contributed by atoms with Gasteiger partial charge in [-0.05, 0) is 31.2 Å². The number of nitrogens with one attached hydrogen (secondary N) is 1. The zero-order valence-electron chi connectivity index (χ0n) is 12.1. The average Bonchev–Trinajstić information content (AvgIpc) is 2.49. The van der Waals surface area contributed by atoms with Crippen LogP contribution in [0.15, 0.2) is 64.7 Å². The third kappa shape index (κ3) is 3.72. The quantitative estimate of drug-likeness (QED) is 0.669. The molecule has 0 aromatic heterocycles. The lowest BCUT2D eigenvalue weighted by molar-refractivity contribution is -0.411. The highest BCUT2D eigenvalue weighted by Crippen LogP contribution is 2.21. The summed E-state index contributed by atoms with van der Waals surface area (Å²) in [5.41, 5.74) is 0.756. The molecule has 2 rings (SSSR count). The van der Waals surface area contributed by atoms with Crippen LogP contribution < -0.4 is 5.32 Å². The zero-order valence-corrected chi connectivity index (χ0v) is 12.9. The van der Waals surface area contributed by atoms with Crippen LogP contribution in [0.5, 0.6) is 0 Å². The first-order valence-electron chi connectivity index (χ1n) is 6.50. The first-order chi connectivity index (χ1) is 10.8. The molecule has 2 aromatic rings. The van der Waals surface area contributed by atoms with Gasteiger partial charge >= 0.3 is 5.03 Å². The maximum Gasteiger partial charge on any atom is 0.379 e. The molecular weight excluding hydrogens is 323 g/mol. The maximum atomic E-state index is 13.5. The summed E-state index contributed by atoms with van der Waals surface area (Å²) in [7, 11) is -4.32. The largest absolute Gasteiger partial charge is 0.379 e. The topological polar surface area (TPSA) is 89.3 Å². The fourth-order valence-electron chi connectivity index (χ4n) is 1.78. The van der Waals surface area contributed by atoms with Gasteiger partial charge in [0.05, 0.1) is 21.7 Å². The number of hydrogen-bond donors (Lipinski definition) is 1. The highest BCUT2D eigenvalue weighted by Gasteiger charge is 2.31. The summed E-state index contributed by atoms with van der Waals surface area (Å²) in [6.07, 6.45) is 0.674. The lowest BCUT2D eigenvalue weighted by Gasteiger charge is -2.05. The van der Waals surface area contributed by atoms with Crippen LogP contribution >= 0.6 is 0 Å². The Balaban J connectivity index is 2.41. The van der Waals surface area contributed by atoms with E-state index in [1.807, 2.05) is 0 Å². The molecule has 0 bridgehead atoms. The van der Waals surface area contributed by atoms with Gasteiger partial charge in [0.15, 0.2) is 0 Å². The Labute approximate surface area is 132 Å². The van der Waals surface area contributed by atoms with E-state index in [4.69, 9.17) is 0 Å². The van der Waals surface area contributed by atoms with Gasteiger partial charge in [0.25, 0.3) is 9.84 Å². The molecule has 0 amide bonds. The van der Waals surface area contributed by atoms with Gasteiger partial charge in [-0.1, -0.05) is 29.8 Å². The minimum Gasteiger partial charge on any atom is -0.353 e. The van der Waals surface area contributed by atoms with Crippen LogP contribution in [0.1, 0.15) is 5.56 Å². The van der Waals surface area contributed by atoms with Crippen molar-refractivity contribution in [3.8, 4) is 0 Å². The van der Waals surface area contributed by atoms with E-state index in [0.29, 0.717) is 6.20 Å². The van der Waals surface area contributed by atoms with E-state index in [1.54, 1.807) is 6.92 Å². The molecule has 0 spiro atoms. The number of sulfone groups is 1.